The molecule has 1 aromatic carbocycles. The summed E-state index contributed by atoms with van der Waals surface area (Å²) in [6, 6.07) is 5.20. The summed E-state index contributed by atoms with van der Waals surface area (Å²) in [6.45, 7) is 0.163. The van der Waals surface area contributed by atoms with Crippen molar-refractivity contribution in [3.05, 3.63) is 47.9 Å². The summed E-state index contributed by atoms with van der Waals surface area (Å²) < 4.78 is 44.1. The third-order valence-electron chi connectivity index (χ3n) is 2.30. The Bertz CT molecular complexity index is 565. The highest BCUT2D eigenvalue weighted by molar-refractivity contribution is 5.93. The number of benzene rings is 1. The van der Waals surface area contributed by atoms with Gasteiger partial charge in [-0.3, -0.25) is 4.79 Å². The number of carbonyl (C=O) groups is 1. The quantitative estimate of drug-likeness (QED) is 0.938. The minimum absolute atomic E-state index is 0.163. The Balaban J connectivity index is 1.89. The number of hydrogen-bond acceptors (Lipinski definition) is 4. The van der Waals surface area contributed by atoms with E-state index in [2.05, 4.69) is 19.7 Å². The second-order valence-electron chi connectivity index (χ2n) is 3.79. The molecule has 0 aliphatic rings. The molecule has 0 saturated carbocycles. The van der Waals surface area contributed by atoms with Gasteiger partial charge in [-0.1, -0.05) is 17.3 Å². The number of nitrogens with one attached hydrogen (secondary N) is 1. The molecule has 20 heavy (non-hydrogen) atoms. The summed E-state index contributed by atoms with van der Waals surface area (Å²) in [7, 11) is 0. The van der Waals surface area contributed by atoms with Gasteiger partial charge in [0.05, 0.1) is 11.8 Å². The van der Waals surface area contributed by atoms with Gasteiger partial charge in [-0.15, -0.1) is 13.2 Å². The number of hydrogen-bond donors (Lipinski definition) is 1. The number of nitrogens with zero attached hydrogens (tertiary/aromatic N) is 1. The van der Waals surface area contributed by atoms with Crippen LogP contribution in [0.5, 0.6) is 5.75 Å². The second kappa shape index (κ2) is 5.64. The van der Waals surface area contributed by atoms with Gasteiger partial charge in [0.15, 0.2) is 0 Å². The molecular formula is C12H9F3N2O3. The average molecular weight is 286 g/mol. The van der Waals surface area contributed by atoms with Crippen molar-refractivity contribution in [3.8, 4) is 5.75 Å². The van der Waals surface area contributed by atoms with Crippen LogP contribution in [0.15, 0.2) is 41.2 Å². The number of rotatable bonds is 4. The van der Waals surface area contributed by atoms with E-state index in [1.54, 1.807) is 0 Å². The van der Waals surface area contributed by atoms with Crippen LogP contribution in [0.2, 0.25) is 0 Å². The zero-order valence-electron chi connectivity index (χ0n) is 9.98. The molecule has 0 spiro atoms. The predicted molar refractivity (Wildman–Crippen MR) is 60.8 cm³/mol. The summed E-state index contributed by atoms with van der Waals surface area (Å²) in [5.41, 5.74) is 0.895. The van der Waals surface area contributed by atoms with Crippen molar-refractivity contribution in [2.75, 3.05) is 0 Å². The highest BCUT2D eigenvalue weighted by atomic mass is 19.4. The molecule has 0 unspecified atom stereocenters. The molecule has 0 fully saturated rings. The fourth-order valence-corrected chi connectivity index (χ4v) is 1.41. The van der Waals surface area contributed by atoms with E-state index in [0.29, 0.717) is 5.56 Å². The molecule has 106 valence electrons. The van der Waals surface area contributed by atoms with Gasteiger partial charge in [0.2, 0.25) is 0 Å². The van der Waals surface area contributed by atoms with Gasteiger partial charge in [0.1, 0.15) is 12.0 Å². The van der Waals surface area contributed by atoms with Gasteiger partial charge in [-0.2, -0.15) is 0 Å². The maximum atomic E-state index is 12.0. The first-order valence-electron chi connectivity index (χ1n) is 5.46. The molecule has 1 heterocycles. The van der Waals surface area contributed by atoms with Crippen molar-refractivity contribution in [3.63, 3.8) is 0 Å². The van der Waals surface area contributed by atoms with Crippen LogP contribution in [0.25, 0.3) is 0 Å². The van der Waals surface area contributed by atoms with Crippen molar-refractivity contribution >= 4 is 5.91 Å². The minimum Gasteiger partial charge on any atom is -0.406 e. The van der Waals surface area contributed by atoms with Crippen LogP contribution < -0.4 is 10.1 Å². The summed E-state index contributed by atoms with van der Waals surface area (Å²) in [5, 5.41) is 5.95. The van der Waals surface area contributed by atoms with Crippen LogP contribution in [0.1, 0.15) is 15.9 Å². The number of amides is 1. The Hall–Kier alpha value is -2.51. The molecule has 1 aromatic heterocycles. The maximum Gasteiger partial charge on any atom is 0.573 e. The Labute approximate surface area is 111 Å². The highest BCUT2D eigenvalue weighted by Crippen LogP contribution is 2.22. The molecule has 0 radical (unpaired) electrons. The van der Waals surface area contributed by atoms with Gasteiger partial charge >= 0.3 is 6.36 Å². The first-order valence-corrected chi connectivity index (χ1v) is 5.46. The summed E-state index contributed by atoms with van der Waals surface area (Å²) >= 11 is 0. The first kappa shape index (κ1) is 13.9. The standard InChI is InChI=1S/C12H9F3N2O3/c13-12(14,15)20-10-3-1-8(2-4-10)5-16-11(18)9-6-17-19-7-9/h1-4,6-7H,5H2,(H,16,18). The molecule has 1 amide bonds. The smallest absolute Gasteiger partial charge is 0.406 e. The van der Waals surface area contributed by atoms with Crippen LogP contribution in [-0.2, 0) is 6.54 Å². The van der Waals surface area contributed by atoms with E-state index >= 15 is 0 Å². The van der Waals surface area contributed by atoms with Gasteiger partial charge in [-0.25, -0.2) is 0 Å². The van der Waals surface area contributed by atoms with E-state index in [1.165, 1.54) is 36.7 Å². The largest absolute Gasteiger partial charge is 0.573 e. The Morgan fingerprint density at radius 2 is 2.00 bits per heavy atom. The minimum atomic E-state index is -4.72. The molecule has 2 rings (SSSR count). The van der Waals surface area contributed by atoms with E-state index in [1.807, 2.05) is 0 Å². The molecule has 0 atom stereocenters. The predicted octanol–water partition coefficient (Wildman–Crippen LogP) is 2.50. The molecule has 0 bridgehead atoms. The fourth-order valence-electron chi connectivity index (χ4n) is 1.41. The third-order valence-corrected chi connectivity index (χ3v) is 2.30. The van der Waals surface area contributed by atoms with Gasteiger partial charge in [0, 0.05) is 6.54 Å². The number of halogens is 3. The fraction of sp³-hybridized carbons (Fsp3) is 0.167. The number of alkyl halides is 3. The third kappa shape index (κ3) is 4.01. The summed E-state index contributed by atoms with van der Waals surface area (Å²) in [4.78, 5) is 11.5. The SMILES string of the molecule is O=C(NCc1ccc(OC(F)(F)F)cc1)c1cnoc1. The highest BCUT2D eigenvalue weighted by Gasteiger charge is 2.30. The molecule has 0 saturated heterocycles. The van der Waals surface area contributed by atoms with Crippen molar-refractivity contribution in [2.24, 2.45) is 0 Å². The normalized spacial score (nSPS) is 11.2. The van der Waals surface area contributed by atoms with Crippen LogP contribution in [0.3, 0.4) is 0 Å². The lowest BCUT2D eigenvalue weighted by atomic mass is 10.2. The van der Waals surface area contributed by atoms with E-state index in [-0.39, 0.29) is 23.8 Å². The van der Waals surface area contributed by atoms with Crippen molar-refractivity contribution < 1.29 is 27.2 Å². The molecule has 0 aliphatic heterocycles. The Morgan fingerprint density at radius 3 is 2.55 bits per heavy atom. The zero-order chi connectivity index (χ0) is 14.6. The summed E-state index contributed by atoms with van der Waals surface area (Å²) in [5.74, 6) is -0.700. The number of carbonyl (C=O) groups excluding carboxylic acids is 1. The van der Waals surface area contributed by atoms with Crippen LogP contribution in [0.4, 0.5) is 13.2 Å². The topological polar surface area (TPSA) is 64.4 Å². The Kier molecular flexibility index (Phi) is 3.92. The second-order valence-corrected chi connectivity index (χ2v) is 3.79. The van der Waals surface area contributed by atoms with Crippen molar-refractivity contribution in [2.45, 2.75) is 12.9 Å². The maximum absolute atomic E-state index is 12.0. The lowest BCUT2D eigenvalue weighted by Crippen LogP contribution is -2.22. The van der Waals surface area contributed by atoms with E-state index < -0.39 is 6.36 Å². The van der Waals surface area contributed by atoms with Crippen molar-refractivity contribution in [1.82, 2.24) is 10.5 Å². The van der Waals surface area contributed by atoms with E-state index in [9.17, 15) is 18.0 Å². The molecule has 8 heteroatoms. The number of ether oxygens (including phenoxy) is 1. The average Bonchev–Trinajstić information content (AvgIpc) is 2.89. The first-order chi connectivity index (χ1) is 9.44. The van der Waals surface area contributed by atoms with E-state index in [0.717, 1.165) is 0 Å². The molecule has 2 aromatic rings. The van der Waals surface area contributed by atoms with Gasteiger partial charge in [0.25, 0.3) is 5.91 Å². The number of aromatic nitrogens is 1. The van der Waals surface area contributed by atoms with Gasteiger partial charge < -0.3 is 14.6 Å². The summed E-state index contributed by atoms with van der Waals surface area (Å²) in [6.07, 6.45) is -2.27. The lowest BCUT2D eigenvalue weighted by molar-refractivity contribution is -0.274. The Morgan fingerprint density at radius 1 is 1.30 bits per heavy atom. The van der Waals surface area contributed by atoms with Crippen LogP contribution >= 0.6 is 0 Å². The lowest BCUT2D eigenvalue weighted by Gasteiger charge is -2.09. The van der Waals surface area contributed by atoms with Crippen molar-refractivity contribution in [1.29, 1.82) is 0 Å². The van der Waals surface area contributed by atoms with E-state index in [4.69, 9.17) is 0 Å². The molecule has 5 nitrogen and oxygen atoms in total. The monoisotopic (exact) mass is 286 g/mol. The van der Waals surface area contributed by atoms with Crippen LogP contribution in [-0.4, -0.2) is 17.4 Å². The zero-order valence-corrected chi connectivity index (χ0v) is 9.98. The molecular weight excluding hydrogens is 277 g/mol. The molecule has 1 N–H and O–H groups in total. The van der Waals surface area contributed by atoms with Gasteiger partial charge in [-0.05, 0) is 17.7 Å². The van der Waals surface area contributed by atoms with Crippen LogP contribution in [0, 0.1) is 0 Å². The molecule has 0 aliphatic carbocycles.